The molecule has 43 heavy (non-hydrogen) atoms. The molecule has 2 aromatic heterocycles. The zero-order chi connectivity index (χ0) is 29.3. The van der Waals surface area contributed by atoms with Crippen LogP contribution in [0.15, 0.2) is 109 Å². The van der Waals surface area contributed by atoms with Crippen molar-refractivity contribution in [3.8, 4) is 22.5 Å². The van der Waals surface area contributed by atoms with E-state index in [1.54, 1.807) is 0 Å². The average molecular weight is 688 g/mol. The average Bonchev–Trinajstić information content (AvgIpc) is 3.40. The Labute approximate surface area is 265 Å². The summed E-state index contributed by atoms with van der Waals surface area (Å²) >= 11 is 6.68. The van der Waals surface area contributed by atoms with Gasteiger partial charge in [0.05, 0.1) is 22.4 Å². The summed E-state index contributed by atoms with van der Waals surface area (Å²) in [6.07, 6.45) is 0.921. The molecule has 4 aromatic carbocycles. The molecule has 0 saturated carbocycles. The molecule has 0 amide bonds. The van der Waals surface area contributed by atoms with Gasteiger partial charge in [-0.2, -0.15) is 0 Å². The Hall–Kier alpha value is -4.00. The minimum Gasteiger partial charge on any atom is -0.287 e. The monoisotopic (exact) mass is 686 g/mol. The van der Waals surface area contributed by atoms with Crippen molar-refractivity contribution in [1.82, 2.24) is 9.97 Å². The largest absolute Gasteiger partial charge is 0.287 e. The van der Waals surface area contributed by atoms with Gasteiger partial charge in [0.2, 0.25) is 0 Å². The maximum absolute atomic E-state index is 13.3. The molecular formula is C37H24Br2N2O2. The predicted octanol–water partition coefficient (Wildman–Crippen LogP) is 9.03. The molecule has 2 aliphatic rings. The van der Waals surface area contributed by atoms with E-state index in [1.165, 1.54) is 0 Å². The number of carbonyl (C=O) groups excluding carboxylic acids is 2. The third-order valence-corrected chi connectivity index (χ3v) is 9.92. The van der Waals surface area contributed by atoms with Gasteiger partial charge in [-0.15, -0.1) is 0 Å². The first-order valence-corrected chi connectivity index (χ1v) is 15.9. The molecule has 0 bridgehead atoms. The summed E-state index contributed by atoms with van der Waals surface area (Å²) in [4.78, 5) is 36.9. The Bertz CT molecular complexity index is 2010. The molecule has 1 unspecified atom stereocenters. The highest BCUT2D eigenvalue weighted by molar-refractivity contribution is 9.18. The van der Waals surface area contributed by atoms with Gasteiger partial charge in [0.1, 0.15) is 0 Å². The molecule has 4 nitrogen and oxygen atoms in total. The van der Waals surface area contributed by atoms with Gasteiger partial charge < -0.3 is 0 Å². The summed E-state index contributed by atoms with van der Waals surface area (Å²) < 4.78 is -0.182. The maximum atomic E-state index is 13.3. The standard InChI is InChI=1S/C37H24Br2N2O2/c38-32(42)19-36(26-13-5-3-11-24(26)34-28(36)17-22-9-1-7-15-30(22)40-34)21-37(20-33(39)43)27-14-6-4-12-25(27)35-29(37)18-23-10-2-8-16-31(23)41-35/h1-18H,19-21H2/t36-,37?/m1/s1. The van der Waals surface area contributed by atoms with Crippen molar-refractivity contribution in [3.63, 3.8) is 0 Å². The fourth-order valence-corrected chi connectivity index (χ4v) is 8.71. The van der Waals surface area contributed by atoms with Crippen LogP contribution in [0.25, 0.3) is 44.3 Å². The second-order valence-corrected chi connectivity index (χ2v) is 13.4. The highest BCUT2D eigenvalue weighted by Crippen LogP contribution is 2.62. The maximum Gasteiger partial charge on any atom is 0.199 e. The van der Waals surface area contributed by atoms with E-state index in [4.69, 9.17) is 9.97 Å². The van der Waals surface area contributed by atoms with E-state index in [1.807, 2.05) is 60.7 Å². The fraction of sp³-hybridized carbons (Fsp3) is 0.135. The van der Waals surface area contributed by atoms with Crippen LogP contribution in [0.2, 0.25) is 0 Å². The van der Waals surface area contributed by atoms with Crippen LogP contribution in [0.5, 0.6) is 0 Å². The van der Waals surface area contributed by atoms with E-state index in [2.05, 4.69) is 80.4 Å². The second-order valence-electron chi connectivity index (χ2n) is 11.7. The van der Waals surface area contributed by atoms with E-state index in [0.717, 1.165) is 66.6 Å². The van der Waals surface area contributed by atoms with Crippen molar-refractivity contribution in [3.05, 3.63) is 131 Å². The number of benzene rings is 4. The minimum atomic E-state index is -0.758. The Morgan fingerprint density at radius 3 is 1.37 bits per heavy atom. The molecule has 8 rings (SSSR count). The normalized spacial score (nSPS) is 19.6. The zero-order valence-corrected chi connectivity index (χ0v) is 26.2. The van der Waals surface area contributed by atoms with E-state index >= 15 is 0 Å². The van der Waals surface area contributed by atoms with Crippen LogP contribution in [0, 0.1) is 0 Å². The molecular weight excluding hydrogens is 664 g/mol. The van der Waals surface area contributed by atoms with Crippen LogP contribution in [-0.2, 0) is 20.4 Å². The van der Waals surface area contributed by atoms with Crippen molar-refractivity contribution < 1.29 is 9.59 Å². The first-order chi connectivity index (χ1) is 20.9. The summed E-state index contributed by atoms with van der Waals surface area (Å²) in [5.41, 5.74) is 8.30. The van der Waals surface area contributed by atoms with Crippen LogP contribution < -0.4 is 0 Å². The lowest BCUT2D eigenvalue weighted by Crippen LogP contribution is -2.39. The lowest BCUT2D eigenvalue weighted by Gasteiger charge is -2.41. The molecule has 208 valence electrons. The lowest BCUT2D eigenvalue weighted by atomic mass is 9.60. The third-order valence-electron chi connectivity index (χ3n) is 9.36. The molecule has 6 heteroatoms. The van der Waals surface area contributed by atoms with E-state index in [-0.39, 0.29) is 22.2 Å². The van der Waals surface area contributed by atoms with Crippen LogP contribution in [0.4, 0.5) is 0 Å². The fourth-order valence-electron chi connectivity index (χ4n) is 7.75. The number of aromatic nitrogens is 2. The van der Waals surface area contributed by atoms with Crippen LogP contribution in [0.1, 0.15) is 41.5 Å². The lowest BCUT2D eigenvalue weighted by molar-refractivity contribution is -0.111. The highest BCUT2D eigenvalue weighted by Gasteiger charge is 2.55. The Kier molecular flexibility index (Phi) is 6.04. The number of fused-ring (bicyclic) bond motifs is 8. The number of para-hydroxylation sites is 2. The van der Waals surface area contributed by atoms with Gasteiger partial charge in [-0.25, -0.2) is 9.97 Å². The number of halogens is 2. The number of hydrogen-bond donors (Lipinski definition) is 0. The summed E-state index contributed by atoms with van der Waals surface area (Å²) in [7, 11) is 0. The van der Waals surface area contributed by atoms with Gasteiger partial charge in [0, 0.05) is 45.6 Å². The molecule has 0 saturated heterocycles. The van der Waals surface area contributed by atoms with Gasteiger partial charge in [-0.1, -0.05) is 84.9 Å². The van der Waals surface area contributed by atoms with Crippen LogP contribution in [-0.4, -0.2) is 19.4 Å². The summed E-state index contributed by atoms with van der Waals surface area (Å²) in [6.45, 7) is 0. The molecule has 0 radical (unpaired) electrons. The van der Waals surface area contributed by atoms with Crippen LogP contribution in [0.3, 0.4) is 0 Å². The minimum absolute atomic E-state index is 0.0910. The molecule has 2 atom stereocenters. The number of nitrogens with zero attached hydrogens (tertiary/aromatic N) is 2. The molecule has 0 aliphatic heterocycles. The van der Waals surface area contributed by atoms with Gasteiger partial charge in [-0.05, 0) is 84.8 Å². The Morgan fingerprint density at radius 1 is 0.535 bits per heavy atom. The van der Waals surface area contributed by atoms with Crippen molar-refractivity contribution in [1.29, 1.82) is 0 Å². The SMILES string of the molecule is O=C(Br)CC1(C[C@]2(CC(=O)Br)c3ccccc3-c3nc4ccccc4cc32)c2ccccc2-c2nc3ccccc3cc21. The molecule has 2 aliphatic carbocycles. The van der Waals surface area contributed by atoms with E-state index in [0.29, 0.717) is 6.42 Å². The number of carbonyl (C=O) groups is 2. The molecule has 0 spiro atoms. The third kappa shape index (κ3) is 3.93. The summed E-state index contributed by atoms with van der Waals surface area (Å²) in [5.74, 6) is 0. The van der Waals surface area contributed by atoms with Crippen molar-refractivity contribution in [2.75, 3.05) is 0 Å². The van der Waals surface area contributed by atoms with Gasteiger partial charge in [0.25, 0.3) is 0 Å². The summed E-state index contributed by atoms with van der Waals surface area (Å²) in [5, 5.41) is 2.04. The van der Waals surface area contributed by atoms with E-state index < -0.39 is 10.8 Å². The first kappa shape index (κ1) is 26.6. The topological polar surface area (TPSA) is 59.9 Å². The molecule has 0 fully saturated rings. The van der Waals surface area contributed by atoms with Crippen molar-refractivity contribution >= 4 is 63.1 Å². The Balaban J connectivity index is 1.48. The summed E-state index contributed by atoms with van der Waals surface area (Å²) in [6, 6.07) is 37.2. The molecule has 2 heterocycles. The van der Waals surface area contributed by atoms with Gasteiger partial charge in [-0.3, -0.25) is 9.59 Å². The smallest absolute Gasteiger partial charge is 0.199 e. The van der Waals surface area contributed by atoms with Gasteiger partial charge in [0.15, 0.2) is 9.39 Å². The highest BCUT2D eigenvalue weighted by atomic mass is 79.9. The molecule has 0 N–H and O–H groups in total. The van der Waals surface area contributed by atoms with Crippen molar-refractivity contribution in [2.45, 2.75) is 30.1 Å². The molecule has 6 aromatic rings. The van der Waals surface area contributed by atoms with Crippen LogP contribution >= 0.6 is 31.9 Å². The quantitative estimate of drug-likeness (QED) is 0.164. The predicted molar refractivity (Wildman–Crippen MR) is 178 cm³/mol. The van der Waals surface area contributed by atoms with Crippen molar-refractivity contribution in [2.24, 2.45) is 0 Å². The number of hydrogen-bond acceptors (Lipinski definition) is 4. The van der Waals surface area contributed by atoms with E-state index in [9.17, 15) is 9.59 Å². The number of rotatable bonds is 6. The second kappa shape index (κ2) is 9.76. The zero-order valence-electron chi connectivity index (χ0n) is 23.0. The first-order valence-electron chi connectivity index (χ1n) is 14.3. The number of pyridine rings is 2. The Morgan fingerprint density at radius 2 is 0.930 bits per heavy atom. The van der Waals surface area contributed by atoms with Gasteiger partial charge >= 0.3 is 0 Å².